The van der Waals surface area contributed by atoms with Gasteiger partial charge in [0.15, 0.2) is 0 Å². The minimum atomic E-state index is -1.89. The average molecular weight is 676 g/mol. The zero-order valence-corrected chi connectivity index (χ0v) is 29.4. The number of benzene rings is 2. The van der Waals surface area contributed by atoms with Gasteiger partial charge in [-0.25, -0.2) is 0 Å². The Morgan fingerprint density at radius 3 is 1.24 bits per heavy atom. The van der Waals surface area contributed by atoms with Crippen LogP contribution in [0.2, 0.25) is 10.8 Å². The summed E-state index contributed by atoms with van der Waals surface area (Å²) in [4.78, 5) is 0. The molecule has 0 saturated carbocycles. The molecule has 2 heteroatoms. The van der Waals surface area contributed by atoms with Crippen LogP contribution in [-0.4, -0.2) is 39.5 Å². The van der Waals surface area contributed by atoms with Crippen molar-refractivity contribution in [1.29, 1.82) is 0 Å². The minimum absolute atomic E-state index is 1.16. The molecule has 0 heterocycles. The van der Waals surface area contributed by atoms with Gasteiger partial charge in [-0.05, 0) is 0 Å². The van der Waals surface area contributed by atoms with Crippen molar-refractivity contribution in [2.45, 2.75) is 121 Å². The summed E-state index contributed by atoms with van der Waals surface area (Å²) in [6.45, 7) is 7.12. The molecule has 0 radical (unpaired) electrons. The molecule has 0 bridgehead atoms. The summed E-state index contributed by atoms with van der Waals surface area (Å²) in [7, 11) is 0. The molecule has 0 amide bonds. The van der Waals surface area contributed by atoms with E-state index in [0.717, 1.165) is 1.95 Å². The van der Waals surface area contributed by atoms with Gasteiger partial charge in [0.1, 0.15) is 0 Å². The Balaban J connectivity index is 2.18. The molecule has 2 atom stereocenters. The van der Waals surface area contributed by atoms with Crippen molar-refractivity contribution in [1.82, 2.24) is 0 Å². The Bertz CT molecular complexity index is 640. The van der Waals surface area contributed by atoms with Crippen LogP contribution in [0.4, 0.5) is 0 Å². The van der Waals surface area contributed by atoms with E-state index in [9.17, 15) is 0 Å². The van der Waals surface area contributed by atoms with E-state index in [1.54, 1.807) is 8.87 Å². The molecule has 2 rings (SSSR count). The first-order valence-corrected chi connectivity index (χ1v) is 26.7. The second-order valence-corrected chi connectivity index (χ2v) is 35.8. The first-order chi connectivity index (χ1) is 16.8. The summed E-state index contributed by atoms with van der Waals surface area (Å²) >= 11 is -3.78. The second-order valence-electron chi connectivity index (χ2n) is 10.6. The Labute approximate surface area is 227 Å². The van der Waals surface area contributed by atoms with Crippen molar-refractivity contribution in [2.24, 2.45) is 0 Å². The van der Waals surface area contributed by atoms with E-state index in [2.05, 4.69) is 81.4 Å². The predicted octanol–water partition coefficient (Wildman–Crippen LogP) is 8.69. The van der Waals surface area contributed by atoms with E-state index >= 15 is 0 Å². The SMILES string of the molecule is CCCCCCC[CH2][SnH]([c]1ccccc1)[CH](CCC)[SnH]([CH2]CCCCCCC)[c]1ccccc1. The fourth-order valence-electron chi connectivity index (χ4n) is 5.96. The van der Waals surface area contributed by atoms with Gasteiger partial charge in [-0.15, -0.1) is 0 Å². The third-order valence-electron chi connectivity index (χ3n) is 7.85. The van der Waals surface area contributed by atoms with Gasteiger partial charge in [0.05, 0.1) is 0 Å². The van der Waals surface area contributed by atoms with Crippen LogP contribution in [0.1, 0.15) is 111 Å². The van der Waals surface area contributed by atoms with Crippen LogP contribution in [-0.2, 0) is 0 Å². The molecule has 0 fully saturated rings. The Kier molecular flexibility index (Phi) is 17.9. The zero-order valence-electron chi connectivity index (χ0n) is 22.8. The maximum absolute atomic E-state index is 2.54. The molecule has 0 aromatic heterocycles. The molecule has 0 nitrogen and oxygen atoms in total. The van der Waals surface area contributed by atoms with Crippen molar-refractivity contribution in [3.8, 4) is 0 Å². The van der Waals surface area contributed by atoms with E-state index in [1.165, 1.54) is 89.9 Å². The third-order valence-corrected chi connectivity index (χ3v) is 46.4. The van der Waals surface area contributed by atoms with E-state index < -0.39 is 39.5 Å². The molecule has 2 aromatic rings. The van der Waals surface area contributed by atoms with Gasteiger partial charge in [-0.2, -0.15) is 0 Å². The molecular formula is C32H54Sn2. The number of unbranched alkanes of at least 4 members (excludes halogenated alkanes) is 10. The molecule has 190 valence electrons. The van der Waals surface area contributed by atoms with E-state index in [0.29, 0.717) is 0 Å². The van der Waals surface area contributed by atoms with Gasteiger partial charge >= 0.3 is 229 Å². The van der Waals surface area contributed by atoms with E-state index in [1.807, 2.05) is 7.16 Å². The molecule has 0 aliphatic rings. The quantitative estimate of drug-likeness (QED) is 0.0974. The molecule has 2 aromatic carbocycles. The van der Waals surface area contributed by atoms with E-state index in [4.69, 9.17) is 0 Å². The molecule has 2 unspecified atom stereocenters. The first kappa shape index (κ1) is 30.3. The topological polar surface area (TPSA) is 0 Å². The van der Waals surface area contributed by atoms with Gasteiger partial charge in [0.25, 0.3) is 0 Å². The number of hydrogen-bond donors (Lipinski definition) is 0. The van der Waals surface area contributed by atoms with Gasteiger partial charge in [0, 0.05) is 0 Å². The molecule has 0 aliphatic carbocycles. The van der Waals surface area contributed by atoms with Crippen molar-refractivity contribution >= 4 is 46.7 Å². The average Bonchev–Trinajstić information content (AvgIpc) is 2.88. The Hall–Kier alpha value is 0.0374. The van der Waals surface area contributed by atoms with Gasteiger partial charge in [-0.3, -0.25) is 0 Å². The molecule has 0 aliphatic heterocycles. The summed E-state index contributed by atoms with van der Waals surface area (Å²) in [5.41, 5.74) is 0. The van der Waals surface area contributed by atoms with Crippen LogP contribution in [0.25, 0.3) is 0 Å². The molecule has 0 spiro atoms. The summed E-state index contributed by atoms with van der Waals surface area (Å²) in [5, 5.41) is 0. The van der Waals surface area contributed by atoms with Gasteiger partial charge < -0.3 is 0 Å². The van der Waals surface area contributed by atoms with Crippen LogP contribution in [0.15, 0.2) is 60.7 Å². The van der Waals surface area contributed by atoms with Crippen LogP contribution in [0.5, 0.6) is 0 Å². The Morgan fingerprint density at radius 1 is 0.471 bits per heavy atom. The van der Waals surface area contributed by atoms with Crippen molar-refractivity contribution in [3.63, 3.8) is 0 Å². The number of hydrogen-bond acceptors (Lipinski definition) is 0. The van der Waals surface area contributed by atoms with Crippen LogP contribution < -0.4 is 7.16 Å². The molecule has 0 saturated heterocycles. The summed E-state index contributed by atoms with van der Waals surface area (Å²) < 4.78 is 8.07. The number of rotatable bonds is 20. The second kappa shape index (κ2) is 20.1. The van der Waals surface area contributed by atoms with Gasteiger partial charge in [-0.1, -0.05) is 0 Å². The summed E-state index contributed by atoms with van der Waals surface area (Å²) in [6, 6.07) is 24.0. The third kappa shape index (κ3) is 11.8. The predicted molar refractivity (Wildman–Crippen MR) is 161 cm³/mol. The molecule has 34 heavy (non-hydrogen) atoms. The molecular weight excluding hydrogens is 622 g/mol. The van der Waals surface area contributed by atoms with Crippen LogP contribution >= 0.6 is 0 Å². The van der Waals surface area contributed by atoms with E-state index in [-0.39, 0.29) is 0 Å². The zero-order chi connectivity index (χ0) is 24.3. The van der Waals surface area contributed by atoms with Gasteiger partial charge in [0.2, 0.25) is 0 Å². The Morgan fingerprint density at radius 2 is 0.853 bits per heavy atom. The van der Waals surface area contributed by atoms with Crippen molar-refractivity contribution < 1.29 is 0 Å². The first-order valence-electron chi connectivity index (χ1n) is 14.9. The van der Waals surface area contributed by atoms with Crippen molar-refractivity contribution in [2.75, 3.05) is 0 Å². The molecule has 0 N–H and O–H groups in total. The standard InChI is InChI=1S/2C8H17.2C6H5.C4H8.2Sn.2H/c2*1-3-5-7-8-6-4-2;2*1-2-4-6-5-3-1;1-3-4-2;;;;/h2*1,3-8H2,2H3;2*1-5H;1H,3-4H2,2H3;;;;. The fraction of sp³-hybridized carbons (Fsp3) is 0.625. The maximum atomic E-state index is 2.54. The van der Waals surface area contributed by atoms with Crippen LogP contribution in [0, 0.1) is 0 Å². The fourth-order valence-corrected chi connectivity index (χ4v) is 53.8. The monoisotopic (exact) mass is 678 g/mol. The summed E-state index contributed by atoms with van der Waals surface area (Å²) in [5.74, 6) is 0. The summed E-state index contributed by atoms with van der Waals surface area (Å²) in [6.07, 6.45) is 20.3. The van der Waals surface area contributed by atoms with Crippen LogP contribution in [0.3, 0.4) is 0 Å². The normalized spacial score (nSPS) is 14.1. The van der Waals surface area contributed by atoms with Crippen molar-refractivity contribution in [3.05, 3.63) is 60.7 Å².